The summed E-state index contributed by atoms with van der Waals surface area (Å²) in [5.41, 5.74) is 2.76. The third kappa shape index (κ3) is 9.20. The number of ether oxygens (including phenoxy) is 1. The fourth-order valence-electron chi connectivity index (χ4n) is 3.27. The number of ketones is 1. The van der Waals surface area contributed by atoms with Crippen molar-refractivity contribution in [1.29, 1.82) is 0 Å². The van der Waals surface area contributed by atoms with Gasteiger partial charge in [-0.3, -0.25) is 9.59 Å². The largest absolute Gasteiger partial charge is 0.381 e. The first-order chi connectivity index (χ1) is 13.5. The number of unbranched alkanes of at least 4 members (excludes halogenated alkanes) is 2. The number of carbonyl (C=O) groups excluding carboxylic acids is 2. The summed E-state index contributed by atoms with van der Waals surface area (Å²) in [6, 6.07) is 0. The molecule has 0 bridgehead atoms. The van der Waals surface area contributed by atoms with Crippen LogP contribution in [0.15, 0.2) is 34.9 Å². The van der Waals surface area contributed by atoms with Gasteiger partial charge in [0.05, 0.1) is 6.10 Å². The van der Waals surface area contributed by atoms with E-state index < -0.39 is 0 Å². The van der Waals surface area contributed by atoms with Crippen molar-refractivity contribution in [2.75, 3.05) is 13.7 Å². The zero-order chi connectivity index (χ0) is 20.8. The van der Waals surface area contributed by atoms with Crippen molar-refractivity contribution in [2.24, 2.45) is 5.92 Å². The number of amides is 1. The molecule has 1 aliphatic carbocycles. The van der Waals surface area contributed by atoms with E-state index in [0.29, 0.717) is 30.5 Å². The highest BCUT2D eigenvalue weighted by Crippen LogP contribution is 2.25. The van der Waals surface area contributed by atoms with Crippen LogP contribution in [0.4, 0.5) is 0 Å². The van der Waals surface area contributed by atoms with Gasteiger partial charge in [0.2, 0.25) is 5.91 Å². The Kier molecular flexibility index (Phi) is 12.8. The number of methoxy groups -OCH3 is 1. The molecule has 0 aliphatic heterocycles. The van der Waals surface area contributed by atoms with Crippen LogP contribution in [-0.4, -0.2) is 31.4 Å². The zero-order valence-corrected chi connectivity index (χ0v) is 18.4. The maximum absolute atomic E-state index is 12.3. The number of Topliss-reactive ketones (excluding diaryl/α,β-unsaturated/α-hetero) is 1. The molecule has 28 heavy (non-hydrogen) atoms. The molecule has 0 saturated carbocycles. The Labute approximate surface area is 175 Å². The van der Waals surface area contributed by atoms with E-state index in [1.807, 2.05) is 19.1 Å². The Bertz CT molecular complexity index is 580. The van der Waals surface area contributed by atoms with Crippen LogP contribution >= 0.6 is 11.6 Å². The Morgan fingerprint density at radius 1 is 1.39 bits per heavy atom. The van der Waals surface area contributed by atoms with Crippen LogP contribution in [0.3, 0.4) is 0 Å². The van der Waals surface area contributed by atoms with Crippen molar-refractivity contribution in [3.05, 3.63) is 34.9 Å². The predicted molar refractivity (Wildman–Crippen MR) is 116 cm³/mol. The molecule has 158 valence electrons. The van der Waals surface area contributed by atoms with Crippen LogP contribution in [0, 0.1) is 5.92 Å². The van der Waals surface area contributed by atoms with Gasteiger partial charge in [0, 0.05) is 37.1 Å². The molecule has 0 fully saturated rings. The fourth-order valence-corrected chi connectivity index (χ4v) is 3.47. The van der Waals surface area contributed by atoms with E-state index in [0.717, 1.165) is 25.7 Å². The summed E-state index contributed by atoms with van der Waals surface area (Å²) in [5.74, 6) is 0.0936. The second kappa shape index (κ2) is 14.6. The lowest BCUT2D eigenvalue weighted by molar-refractivity contribution is -0.121. The van der Waals surface area contributed by atoms with Crippen LogP contribution in [0.25, 0.3) is 0 Å². The van der Waals surface area contributed by atoms with Gasteiger partial charge in [0.15, 0.2) is 5.78 Å². The molecule has 0 heterocycles. The highest BCUT2D eigenvalue weighted by Gasteiger charge is 2.23. The summed E-state index contributed by atoms with van der Waals surface area (Å²) in [5, 5.41) is 2.87. The summed E-state index contributed by atoms with van der Waals surface area (Å²) < 4.78 is 5.49. The van der Waals surface area contributed by atoms with Gasteiger partial charge in [-0.1, -0.05) is 62.9 Å². The van der Waals surface area contributed by atoms with Crippen molar-refractivity contribution in [3.8, 4) is 0 Å². The molecule has 1 rings (SSSR count). The second-order valence-corrected chi connectivity index (χ2v) is 7.69. The van der Waals surface area contributed by atoms with Crippen molar-refractivity contribution >= 4 is 23.3 Å². The van der Waals surface area contributed by atoms with Crippen LogP contribution in [0.5, 0.6) is 0 Å². The molecule has 0 radical (unpaired) electrons. The average Bonchev–Trinajstić information content (AvgIpc) is 2.69. The Morgan fingerprint density at radius 3 is 2.86 bits per heavy atom. The average molecular weight is 410 g/mol. The maximum atomic E-state index is 12.3. The summed E-state index contributed by atoms with van der Waals surface area (Å²) in [6.07, 6.45) is 14.8. The number of hydrogen-bond acceptors (Lipinski definition) is 3. The minimum atomic E-state index is -0.0381. The molecule has 5 heteroatoms. The standard InChI is InChI=1S/C23H36ClNO3/c1-4-5-7-12-20(28-3)13-8-6-9-15-22(26)25-17-19(16-24)21-14-10-11-18(2)23(21)27/h6,8,14,16,18,20H,4-5,7,9-13,15,17H2,1-3H3,(H,25,26)/b8-6+,19-16-. The number of hydrogen-bond donors (Lipinski definition) is 1. The minimum absolute atomic E-state index is 0.0188. The van der Waals surface area contributed by atoms with E-state index in [1.54, 1.807) is 7.11 Å². The number of allylic oxidation sites excluding steroid dienone is 2. The monoisotopic (exact) mass is 409 g/mol. The van der Waals surface area contributed by atoms with Gasteiger partial charge in [0.1, 0.15) is 0 Å². The summed E-state index contributed by atoms with van der Waals surface area (Å²) in [4.78, 5) is 24.4. The maximum Gasteiger partial charge on any atom is 0.220 e. The molecule has 1 N–H and O–H groups in total. The van der Waals surface area contributed by atoms with E-state index in [2.05, 4.69) is 18.3 Å². The summed E-state index contributed by atoms with van der Waals surface area (Å²) in [6.45, 7) is 4.42. The Balaban J connectivity index is 2.30. The fraction of sp³-hybridized carbons (Fsp3) is 0.652. The molecular formula is C23H36ClNO3. The molecule has 4 nitrogen and oxygen atoms in total. The SMILES string of the molecule is CCCCCC(C/C=C/CCC(=O)NC/C(=C/Cl)C1=CCCC(C)C1=O)OC. The van der Waals surface area contributed by atoms with Gasteiger partial charge in [-0.05, 0) is 37.7 Å². The molecule has 1 aliphatic rings. The lowest BCUT2D eigenvalue weighted by atomic mass is 9.85. The smallest absolute Gasteiger partial charge is 0.220 e. The highest BCUT2D eigenvalue weighted by atomic mass is 35.5. The molecular weight excluding hydrogens is 374 g/mol. The van der Waals surface area contributed by atoms with Crippen LogP contribution in [0.2, 0.25) is 0 Å². The Morgan fingerprint density at radius 2 is 2.18 bits per heavy atom. The van der Waals surface area contributed by atoms with Gasteiger partial charge < -0.3 is 10.1 Å². The van der Waals surface area contributed by atoms with Crippen LogP contribution in [0.1, 0.15) is 71.6 Å². The van der Waals surface area contributed by atoms with E-state index in [-0.39, 0.29) is 23.7 Å². The number of rotatable bonds is 13. The number of nitrogens with one attached hydrogen (secondary N) is 1. The molecule has 0 aromatic heterocycles. The quantitative estimate of drug-likeness (QED) is 0.324. The van der Waals surface area contributed by atoms with E-state index in [9.17, 15) is 9.59 Å². The second-order valence-electron chi connectivity index (χ2n) is 7.47. The third-order valence-electron chi connectivity index (χ3n) is 5.18. The summed E-state index contributed by atoms with van der Waals surface area (Å²) >= 11 is 5.90. The Hall–Kier alpha value is -1.39. The van der Waals surface area contributed by atoms with Crippen molar-refractivity contribution in [1.82, 2.24) is 5.32 Å². The van der Waals surface area contributed by atoms with Crippen molar-refractivity contribution < 1.29 is 14.3 Å². The van der Waals surface area contributed by atoms with Crippen LogP contribution < -0.4 is 5.32 Å². The van der Waals surface area contributed by atoms with Crippen molar-refractivity contribution in [2.45, 2.75) is 77.7 Å². The van der Waals surface area contributed by atoms with Gasteiger partial charge >= 0.3 is 0 Å². The first-order valence-corrected chi connectivity index (χ1v) is 11.0. The topological polar surface area (TPSA) is 55.4 Å². The van der Waals surface area contributed by atoms with Gasteiger partial charge in [-0.25, -0.2) is 0 Å². The zero-order valence-electron chi connectivity index (χ0n) is 17.6. The third-order valence-corrected chi connectivity index (χ3v) is 5.44. The molecule has 0 saturated heterocycles. The lowest BCUT2D eigenvalue weighted by Crippen LogP contribution is -2.28. The number of halogens is 1. The van der Waals surface area contributed by atoms with E-state index in [1.165, 1.54) is 24.8 Å². The van der Waals surface area contributed by atoms with E-state index in [4.69, 9.17) is 16.3 Å². The molecule has 0 spiro atoms. The van der Waals surface area contributed by atoms with Gasteiger partial charge in [-0.2, -0.15) is 0 Å². The molecule has 2 unspecified atom stereocenters. The highest BCUT2D eigenvalue weighted by molar-refractivity contribution is 6.26. The molecule has 0 aromatic carbocycles. The number of carbonyl (C=O) groups is 2. The molecule has 1 amide bonds. The predicted octanol–water partition coefficient (Wildman–Crippen LogP) is 5.47. The lowest BCUT2D eigenvalue weighted by Gasteiger charge is -2.20. The molecule has 2 atom stereocenters. The van der Waals surface area contributed by atoms with Gasteiger partial charge in [0.25, 0.3) is 0 Å². The summed E-state index contributed by atoms with van der Waals surface area (Å²) in [7, 11) is 1.76. The normalized spacial score (nSPS) is 19.0. The first-order valence-electron chi connectivity index (χ1n) is 10.5. The molecule has 0 aromatic rings. The van der Waals surface area contributed by atoms with Crippen LogP contribution in [-0.2, 0) is 14.3 Å². The first kappa shape index (κ1) is 24.6. The minimum Gasteiger partial charge on any atom is -0.381 e. The van der Waals surface area contributed by atoms with Gasteiger partial charge in [-0.15, -0.1) is 0 Å². The van der Waals surface area contributed by atoms with Crippen molar-refractivity contribution in [3.63, 3.8) is 0 Å². The van der Waals surface area contributed by atoms with E-state index >= 15 is 0 Å².